The molecule has 4 heteroatoms. The highest BCUT2D eigenvalue weighted by atomic mass is 16.7. The molecule has 4 atom stereocenters. The monoisotopic (exact) mass is 315 g/mol. The van der Waals surface area contributed by atoms with Crippen molar-refractivity contribution in [2.75, 3.05) is 6.61 Å². The highest BCUT2D eigenvalue weighted by molar-refractivity contribution is 5.13. The number of hydrogen-bond donors (Lipinski definition) is 2. The molecule has 0 aromatic carbocycles. The van der Waals surface area contributed by atoms with Crippen molar-refractivity contribution < 1.29 is 14.7 Å². The van der Waals surface area contributed by atoms with Gasteiger partial charge in [-0.1, -0.05) is 33.6 Å². The standard InChI is InChI=1S/C18H37NO3/c1-8-11-12-13-21-19-15(4)14-16(5,20)18(7,10-3)22-17(15,6)9-2/h19-20H,8-14H2,1-7H3. The molecule has 0 radical (unpaired) electrons. The second kappa shape index (κ2) is 7.16. The smallest absolute Gasteiger partial charge is 0.0943 e. The van der Waals surface area contributed by atoms with Gasteiger partial charge in [0, 0.05) is 6.42 Å². The summed E-state index contributed by atoms with van der Waals surface area (Å²) < 4.78 is 6.48. The molecular weight excluding hydrogens is 278 g/mol. The Hall–Kier alpha value is -0.160. The molecule has 4 unspecified atom stereocenters. The fourth-order valence-electron chi connectivity index (χ4n) is 3.48. The van der Waals surface area contributed by atoms with E-state index in [0.29, 0.717) is 13.0 Å². The molecule has 1 rings (SSSR count). The van der Waals surface area contributed by atoms with Crippen molar-refractivity contribution in [2.24, 2.45) is 0 Å². The Morgan fingerprint density at radius 2 is 1.59 bits per heavy atom. The van der Waals surface area contributed by atoms with Gasteiger partial charge < -0.3 is 14.7 Å². The van der Waals surface area contributed by atoms with Crippen molar-refractivity contribution >= 4 is 0 Å². The van der Waals surface area contributed by atoms with Gasteiger partial charge in [-0.3, -0.25) is 0 Å². The predicted molar refractivity (Wildman–Crippen MR) is 90.7 cm³/mol. The molecule has 2 N–H and O–H groups in total. The summed E-state index contributed by atoms with van der Waals surface area (Å²) in [6, 6.07) is 0. The molecule has 1 fully saturated rings. The summed E-state index contributed by atoms with van der Waals surface area (Å²) in [5.41, 5.74) is 0.984. The SMILES string of the molecule is CCCCCONC1(C)CC(C)(O)C(C)(CC)OC1(C)CC. The van der Waals surface area contributed by atoms with Gasteiger partial charge >= 0.3 is 0 Å². The van der Waals surface area contributed by atoms with Crippen molar-refractivity contribution in [3.8, 4) is 0 Å². The fraction of sp³-hybridized carbons (Fsp3) is 1.00. The first-order valence-corrected chi connectivity index (χ1v) is 8.91. The fourth-order valence-corrected chi connectivity index (χ4v) is 3.48. The molecule has 1 aliphatic heterocycles. The molecule has 0 aliphatic carbocycles. The minimum atomic E-state index is -0.898. The number of hydrogen-bond acceptors (Lipinski definition) is 4. The Bertz CT molecular complexity index is 360. The van der Waals surface area contributed by atoms with Gasteiger partial charge in [-0.15, -0.1) is 0 Å². The lowest BCUT2D eigenvalue weighted by molar-refractivity contribution is -0.307. The Kier molecular flexibility index (Phi) is 6.48. The zero-order valence-electron chi connectivity index (χ0n) is 15.7. The van der Waals surface area contributed by atoms with Gasteiger partial charge in [-0.05, 0) is 47.0 Å². The van der Waals surface area contributed by atoms with Gasteiger partial charge in [0.25, 0.3) is 0 Å². The predicted octanol–water partition coefficient (Wildman–Crippen LogP) is 3.97. The maximum absolute atomic E-state index is 11.0. The second-order valence-corrected chi connectivity index (χ2v) is 7.71. The molecule has 1 heterocycles. The van der Waals surface area contributed by atoms with Crippen LogP contribution in [0.2, 0.25) is 0 Å². The summed E-state index contributed by atoms with van der Waals surface area (Å²) in [5, 5.41) is 11.0. The highest BCUT2D eigenvalue weighted by Gasteiger charge is 2.61. The first kappa shape index (κ1) is 19.9. The molecule has 0 bridgehead atoms. The molecule has 1 aliphatic rings. The van der Waals surface area contributed by atoms with Crippen LogP contribution in [0.25, 0.3) is 0 Å². The van der Waals surface area contributed by atoms with Crippen molar-refractivity contribution in [3.05, 3.63) is 0 Å². The van der Waals surface area contributed by atoms with E-state index in [1.165, 1.54) is 12.8 Å². The van der Waals surface area contributed by atoms with Gasteiger partial charge in [-0.25, -0.2) is 0 Å². The molecule has 0 aromatic rings. The zero-order chi connectivity index (χ0) is 17.1. The number of nitrogens with one attached hydrogen (secondary N) is 1. The van der Waals surface area contributed by atoms with Crippen LogP contribution in [-0.2, 0) is 9.57 Å². The van der Waals surface area contributed by atoms with E-state index in [2.05, 4.69) is 40.1 Å². The topological polar surface area (TPSA) is 50.7 Å². The van der Waals surface area contributed by atoms with Crippen LogP contribution in [0.3, 0.4) is 0 Å². The van der Waals surface area contributed by atoms with Crippen molar-refractivity contribution in [1.29, 1.82) is 0 Å². The Labute approximate surface area is 136 Å². The van der Waals surface area contributed by atoms with Gasteiger partial charge in [0.2, 0.25) is 0 Å². The molecule has 0 aromatic heterocycles. The molecule has 0 amide bonds. The molecule has 132 valence electrons. The number of ether oxygens (including phenoxy) is 1. The summed E-state index contributed by atoms with van der Waals surface area (Å²) >= 11 is 0. The van der Waals surface area contributed by atoms with Crippen LogP contribution in [0.5, 0.6) is 0 Å². The summed E-state index contributed by atoms with van der Waals surface area (Å²) in [6.45, 7) is 15.2. The van der Waals surface area contributed by atoms with Crippen LogP contribution in [0, 0.1) is 0 Å². The maximum Gasteiger partial charge on any atom is 0.0943 e. The number of rotatable bonds is 8. The third-order valence-electron chi connectivity index (χ3n) is 5.95. The summed E-state index contributed by atoms with van der Waals surface area (Å²) in [6.07, 6.45) is 5.64. The lowest BCUT2D eigenvalue weighted by Gasteiger charge is -2.61. The van der Waals surface area contributed by atoms with Crippen LogP contribution in [0.15, 0.2) is 0 Å². The van der Waals surface area contributed by atoms with Gasteiger partial charge in [0.05, 0.1) is 28.9 Å². The number of aliphatic hydroxyl groups is 1. The Morgan fingerprint density at radius 3 is 2.09 bits per heavy atom. The van der Waals surface area contributed by atoms with Crippen LogP contribution in [0.1, 0.15) is 87.0 Å². The van der Waals surface area contributed by atoms with Gasteiger partial charge in [-0.2, -0.15) is 5.48 Å². The number of hydroxylamine groups is 1. The lowest BCUT2D eigenvalue weighted by atomic mass is 9.65. The quantitative estimate of drug-likeness (QED) is 0.526. The van der Waals surface area contributed by atoms with Gasteiger partial charge in [0.15, 0.2) is 0 Å². The van der Waals surface area contributed by atoms with Crippen LogP contribution >= 0.6 is 0 Å². The zero-order valence-corrected chi connectivity index (χ0v) is 15.7. The lowest BCUT2D eigenvalue weighted by Crippen LogP contribution is -2.74. The highest BCUT2D eigenvalue weighted by Crippen LogP contribution is 2.50. The molecule has 4 nitrogen and oxygen atoms in total. The van der Waals surface area contributed by atoms with Crippen LogP contribution < -0.4 is 5.48 Å². The third kappa shape index (κ3) is 3.66. The number of unbranched alkanes of at least 4 members (excludes halogenated alkanes) is 2. The van der Waals surface area contributed by atoms with Crippen LogP contribution in [0.4, 0.5) is 0 Å². The molecule has 22 heavy (non-hydrogen) atoms. The molecule has 1 saturated heterocycles. The summed E-state index contributed by atoms with van der Waals surface area (Å²) in [7, 11) is 0. The van der Waals surface area contributed by atoms with E-state index in [0.717, 1.165) is 19.3 Å². The minimum absolute atomic E-state index is 0.384. The average molecular weight is 315 g/mol. The van der Waals surface area contributed by atoms with E-state index >= 15 is 0 Å². The first-order valence-electron chi connectivity index (χ1n) is 8.91. The molecule has 0 saturated carbocycles. The Balaban J connectivity index is 2.87. The van der Waals surface area contributed by atoms with Crippen LogP contribution in [-0.4, -0.2) is 34.1 Å². The van der Waals surface area contributed by atoms with E-state index < -0.39 is 16.7 Å². The van der Waals surface area contributed by atoms with Crippen molar-refractivity contribution in [2.45, 2.75) is 109 Å². The van der Waals surface area contributed by atoms with Crippen molar-refractivity contribution in [1.82, 2.24) is 5.48 Å². The largest absolute Gasteiger partial charge is 0.387 e. The minimum Gasteiger partial charge on any atom is -0.387 e. The van der Waals surface area contributed by atoms with E-state index in [-0.39, 0.29) is 5.60 Å². The van der Waals surface area contributed by atoms with E-state index in [4.69, 9.17) is 9.57 Å². The summed E-state index contributed by atoms with van der Waals surface area (Å²) in [5.74, 6) is 0. The Morgan fingerprint density at radius 1 is 1.00 bits per heavy atom. The van der Waals surface area contributed by atoms with Gasteiger partial charge in [0.1, 0.15) is 0 Å². The maximum atomic E-state index is 11.0. The first-order chi connectivity index (χ1) is 10.1. The second-order valence-electron chi connectivity index (χ2n) is 7.71. The average Bonchev–Trinajstić information content (AvgIpc) is 2.44. The van der Waals surface area contributed by atoms with E-state index in [1.54, 1.807) is 0 Å². The summed E-state index contributed by atoms with van der Waals surface area (Å²) in [4.78, 5) is 5.73. The van der Waals surface area contributed by atoms with E-state index in [1.807, 2.05) is 13.8 Å². The normalized spacial score (nSPS) is 42.5. The van der Waals surface area contributed by atoms with E-state index in [9.17, 15) is 5.11 Å². The molecular formula is C18H37NO3. The van der Waals surface area contributed by atoms with Crippen molar-refractivity contribution in [3.63, 3.8) is 0 Å². The molecule has 0 spiro atoms. The third-order valence-corrected chi connectivity index (χ3v) is 5.95.